The summed E-state index contributed by atoms with van der Waals surface area (Å²) in [6.45, 7) is 2.52. The number of nitrogens with zero attached hydrogens (tertiary/aromatic N) is 1. The lowest BCUT2D eigenvalue weighted by Gasteiger charge is -2.05. The van der Waals surface area contributed by atoms with Crippen molar-refractivity contribution in [1.29, 1.82) is 0 Å². The summed E-state index contributed by atoms with van der Waals surface area (Å²) in [4.78, 5) is 16.3. The van der Waals surface area contributed by atoms with Crippen molar-refractivity contribution < 1.29 is 14.6 Å². The number of benzene rings is 2. The van der Waals surface area contributed by atoms with Crippen LogP contribution < -0.4 is 15.2 Å². The molecule has 0 amide bonds. The number of hydrogen-bond donors (Lipinski definition) is 1. The topological polar surface area (TPSA) is 74.3 Å². The van der Waals surface area contributed by atoms with E-state index in [4.69, 9.17) is 4.74 Å². The average molecular weight is 353 g/mol. The van der Waals surface area contributed by atoms with Crippen LogP contribution in [0.25, 0.3) is 11.3 Å². The molecule has 0 spiro atoms. The number of rotatable bonds is 7. The van der Waals surface area contributed by atoms with Crippen LogP contribution in [-0.4, -0.2) is 17.6 Å². The number of para-hydroxylation sites is 1. The van der Waals surface area contributed by atoms with E-state index in [-0.39, 0.29) is 6.42 Å². The first-order valence-corrected chi connectivity index (χ1v) is 8.72. The van der Waals surface area contributed by atoms with Crippen molar-refractivity contribution in [3.8, 4) is 17.0 Å². The van der Waals surface area contributed by atoms with Crippen LogP contribution in [0.3, 0.4) is 0 Å². The van der Waals surface area contributed by atoms with Crippen LogP contribution in [0, 0.1) is 0 Å². The molecule has 1 N–H and O–H groups in total. The molecule has 0 fully saturated rings. The Bertz CT molecular complexity index is 845. The number of aliphatic carboxylic acids is 1. The number of hydrogen-bond acceptors (Lipinski definition) is 6. The van der Waals surface area contributed by atoms with Crippen molar-refractivity contribution in [3.63, 3.8) is 0 Å². The molecule has 3 aromatic rings. The fraction of sp³-hybridized carbons (Fsp3) is 0.158. The first-order valence-electron chi connectivity index (χ1n) is 7.90. The molecule has 0 saturated heterocycles. The summed E-state index contributed by atoms with van der Waals surface area (Å²) < 4.78 is 5.44. The Morgan fingerprint density at radius 2 is 1.88 bits per heavy atom. The van der Waals surface area contributed by atoms with Crippen molar-refractivity contribution in [3.05, 3.63) is 59.5 Å². The molecule has 0 radical (unpaired) electrons. The van der Waals surface area contributed by atoms with Gasteiger partial charge in [0.15, 0.2) is 5.13 Å². The predicted octanol–water partition coefficient (Wildman–Crippen LogP) is 3.24. The summed E-state index contributed by atoms with van der Waals surface area (Å²) in [5.74, 6) is -0.354. The van der Waals surface area contributed by atoms with E-state index in [1.807, 2.05) is 61.5 Å². The maximum absolute atomic E-state index is 11.1. The first-order chi connectivity index (χ1) is 12.2. The molecule has 0 aliphatic heterocycles. The lowest BCUT2D eigenvalue weighted by Crippen LogP contribution is -2.24. The predicted molar refractivity (Wildman–Crippen MR) is 97.2 cm³/mol. The highest BCUT2D eigenvalue weighted by Gasteiger charge is 2.14. The van der Waals surface area contributed by atoms with E-state index in [0.717, 1.165) is 17.0 Å². The van der Waals surface area contributed by atoms with Gasteiger partial charge in [-0.25, -0.2) is 4.98 Å². The van der Waals surface area contributed by atoms with Crippen LogP contribution in [0.4, 0.5) is 10.8 Å². The number of thiazole rings is 1. The minimum absolute atomic E-state index is 0.170. The second-order valence-electron chi connectivity index (χ2n) is 5.29. The molecule has 3 rings (SSSR count). The molecule has 0 unspecified atom stereocenters. The number of nitrogens with one attached hydrogen (secondary N) is 1. The molecular formula is C19H17N2O3S-. The van der Waals surface area contributed by atoms with Gasteiger partial charge in [-0.3, -0.25) is 0 Å². The molecule has 128 valence electrons. The number of carbonyl (C=O) groups excluding carboxylic acids is 1. The van der Waals surface area contributed by atoms with E-state index in [1.54, 1.807) is 0 Å². The Balaban J connectivity index is 1.91. The number of carbonyl (C=O) groups is 1. The average Bonchev–Trinajstić information content (AvgIpc) is 2.98. The van der Waals surface area contributed by atoms with Crippen molar-refractivity contribution in [1.82, 2.24) is 4.98 Å². The molecule has 0 aliphatic carbocycles. The molecule has 0 bridgehead atoms. The normalized spacial score (nSPS) is 10.4. The molecule has 25 heavy (non-hydrogen) atoms. The van der Waals surface area contributed by atoms with E-state index in [0.29, 0.717) is 22.3 Å². The van der Waals surface area contributed by atoms with E-state index in [2.05, 4.69) is 10.3 Å². The van der Waals surface area contributed by atoms with Crippen LogP contribution >= 0.6 is 11.3 Å². The maximum Gasteiger partial charge on any atom is 0.187 e. The van der Waals surface area contributed by atoms with Gasteiger partial charge in [-0.05, 0) is 43.3 Å². The van der Waals surface area contributed by atoms with Gasteiger partial charge in [0.05, 0.1) is 12.3 Å². The second kappa shape index (κ2) is 7.81. The van der Waals surface area contributed by atoms with Gasteiger partial charge in [-0.15, -0.1) is 11.3 Å². The van der Waals surface area contributed by atoms with E-state index >= 15 is 0 Å². The monoisotopic (exact) mass is 353 g/mol. The van der Waals surface area contributed by atoms with Gasteiger partial charge < -0.3 is 20.0 Å². The first kappa shape index (κ1) is 17.0. The lowest BCUT2D eigenvalue weighted by molar-refractivity contribution is -0.304. The van der Waals surface area contributed by atoms with Gasteiger partial charge in [-0.2, -0.15) is 0 Å². The van der Waals surface area contributed by atoms with Gasteiger partial charge in [0, 0.05) is 28.5 Å². The summed E-state index contributed by atoms with van der Waals surface area (Å²) in [5.41, 5.74) is 2.39. The molecule has 6 heteroatoms. The third-order valence-electron chi connectivity index (χ3n) is 3.47. The SMILES string of the molecule is CCOc1ccc(-c2nc(Nc3ccccc3)sc2CC(=O)[O-])cc1. The highest BCUT2D eigenvalue weighted by atomic mass is 32.1. The molecule has 5 nitrogen and oxygen atoms in total. The number of ether oxygens (including phenoxy) is 1. The van der Waals surface area contributed by atoms with Crippen LogP contribution in [-0.2, 0) is 11.2 Å². The van der Waals surface area contributed by atoms with Crippen LogP contribution in [0.2, 0.25) is 0 Å². The fourth-order valence-electron chi connectivity index (χ4n) is 2.40. The largest absolute Gasteiger partial charge is 0.550 e. The van der Waals surface area contributed by atoms with Crippen molar-refractivity contribution in [2.45, 2.75) is 13.3 Å². The Hall–Kier alpha value is -2.86. The smallest absolute Gasteiger partial charge is 0.187 e. The number of anilines is 2. The van der Waals surface area contributed by atoms with Gasteiger partial charge in [-0.1, -0.05) is 18.2 Å². The summed E-state index contributed by atoms with van der Waals surface area (Å²) in [6.07, 6.45) is -0.170. The van der Waals surface area contributed by atoms with Crippen LogP contribution in [0.15, 0.2) is 54.6 Å². The van der Waals surface area contributed by atoms with Gasteiger partial charge in [0.2, 0.25) is 0 Å². The van der Waals surface area contributed by atoms with Gasteiger partial charge >= 0.3 is 0 Å². The summed E-state index contributed by atoms with van der Waals surface area (Å²) in [5, 5.41) is 14.9. The Kier molecular flexibility index (Phi) is 5.30. The zero-order valence-electron chi connectivity index (χ0n) is 13.7. The Morgan fingerprint density at radius 1 is 1.16 bits per heavy atom. The van der Waals surface area contributed by atoms with Gasteiger partial charge in [0.25, 0.3) is 0 Å². The van der Waals surface area contributed by atoms with Crippen molar-refractivity contribution in [2.75, 3.05) is 11.9 Å². The minimum atomic E-state index is -1.12. The third-order valence-corrected chi connectivity index (χ3v) is 4.44. The zero-order chi connectivity index (χ0) is 17.6. The summed E-state index contributed by atoms with van der Waals surface area (Å²) >= 11 is 1.32. The molecule has 1 heterocycles. The fourth-order valence-corrected chi connectivity index (χ4v) is 3.39. The third kappa shape index (κ3) is 4.36. The number of aromatic nitrogens is 1. The summed E-state index contributed by atoms with van der Waals surface area (Å²) in [6, 6.07) is 17.1. The highest BCUT2D eigenvalue weighted by Crippen LogP contribution is 2.33. The standard InChI is InChI=1S/C19H18N2O3S/c1-2-24-15-10-8-13(9-11-15)18-16(12-17(22)23)25-19(21-18)20-14-6-4-3-5-7-14/h3-11H,2,12H2,1H3,(H,20,21)(H,22,23)/p-1. The number of carboxylic acids is 1. The number of carboxylic acid groups (broad SMARTS) is 1. The minimum Gasteiger partial charge on any atom is -0.550 e. The van der Waals surface area contributed by atoms with Crippen LogP contribution in [0.5, 0.6) is 5.75 Å². The van der Waals surface area contributed by atoms with Crippen molar-refractivity contribution in [2.24, 2.45) is 0 Å². The zero-order valence-corrected chi connectivity index (χ0v) is 14.5. The van der Waals surface area contributed by atoms with Gasteiger partial charge in [0.1, 0.15) is 5.75 Å². The summed E-state index contributed by atoms with van der Waals surface area (Å²) in [7, 11) is 0. The van der Waals surface area contributed by atoms with Crippen LogP contribution in [0.1, 0.15) is 11.8 Å². The molecular weight excluding hydrogens is 336 g/mol. The second-order valence-corrected chi connectivity index (χ2v) is 6.37. The van der Waals surface area contributed by atoms with E-state index in [9.17, 15) is 9.90 Å². The van der Waals surface area contributed by atoms with E-state index in [1.165, 1.54) is 11.3 Å². The Morgan fingerprint density at radius 3 is 2.52 bits per heavy atom. The molecule has 1 aromatic heterocycles. The van der Waals surface area contributed by atoms with E-state index < -0.39 is 5.97 Å². The molecule has 2 aromatic carbocycles. The Labute approximate surface area is 149 Å². The quantitative estimate of drug-likeness (QED) is 0.706. The maximum atomic E-state index is 11.1. The molecule has 0 atom stereocenters. The van der Waals surface area contributed by atoms with Crippen molar-refractivity contribution >= 4 is 28.1 Å². The lowest BCUT2D eigenvalue weighted by atomic mass is 10.1. The highest BCUT2D eigenvalue weighted by molar-refractivity contribution is 7.16. The molecule has 0 saturated carbocycles. The molecule has 0 aliphatic rings.